The van der Waals surface area contributed by atoms with E-state index < -0.39 is 36.7 Å². The highest BCUT2D eigenvalue weighted by Gasteiger charge is 2.35. The smallest absolute Gasteiger partial charge is 0.298 e. The fraction of sp³-hybridized carbons (Fsp3) is 0.0714. The molecule has 0 atom stereocenters. The van der Waals surface area contributed by atoms with Crippen molar-refractivity contribution in [1.82, 2.24) is 0 Å². The first kappa shape index (κ1) is 27.2. The lowest BCUT2D eigenvalue weighted by Gasteiger charge is -2.24. The molecule has 0 fully saturated rings. The average Bonchev–Trinajstić information content (AvgIpc) is 2.88. The molecule has 0 radical (unpaired) electrons. The van der Waals surface area contributed by atoms with Crippen LogP contribution in [-0.2, 0) is 20.2 Å². The molecule has 204 valence electrons. The third-order valence-electron chi connectivity index (χ3n) is 6.38. The Labute approximate surface area is 229 Å². The Morgan fingerprint density at radius 1 is 0.675 bits per heavy atom. The van der Waals surface area contributed by atoms with E-state index in [-0.39, 0.29) is 50.0 Å². The monoisotopic (exact) mass is 579 g/mol. The molecule has 0 bridgehead atoms. The minimum atomic E-state index is -4.70. The van der Waals surface area contributed by atoms with Crippen LogP contribution in [0.1, 0.15) is 43.0 Å². The average molecular weight is 580 g/mol. The number of carbonyl (C=O) groups is 2. The van der Waals surface area contributed by atoms with E-state index in [2.05, 4.69) is 5.32 Å². The second-order valence-corrected chi connectivity index (χ2v) is 12.0. The van der Waals surface area contributed by atoms with E-state index in [1.54, 1.807) is 25.1 Å². The van der Waals surface area contributed by atoms with E-state index in [1.165, 1.54) is 61.5 Å². The minimum absolute atomic E-state index is 0.0873. The molecule has 0 heterocycles. The molecule has 1 aliphatic rings. The van der Waals surface area contributed by atoms with Crippen LogP contribution in [-0.4, -0.2) is 37.5 Å². The van der Waals surface area contributed by atoms with Gasteiger partial charge in [-0.1, -0.05) is 36.4 Å². The number of benzene rings is 4. The van der Waals surface area contributed by atoms with E-state index in [0.717, 1.165) is 0 Å². The summed E-state index contributed by atoms with van der Waals surface area (Å²) in [6.45, 7) is 3.13. The molecule has 1 aliphatic carbocycles. The van der Waals surface area contributed by atoms with Gasteiger partial charge >= 0.3 is 0 Å². The quantitative estimate of drug-likeness (QED) is 0.230. The first-order valence-electron chi connectivity index (χ1n) is 11.7. The van der Waals surface area contributed by atoms with E-state index in [9.17, 15) is 35.5 Å². The van der Waals surface area contributed by atoms with Gasteiger partial charge in [-0.2, -0.15) is 16.8 Å². The summed E-state index contributed by atoms with van der Waals surface area (Å²) >= 11 is 0. The lowest BCUT2D eigenvalue weighted by Crippen LogP contribution is -2.23. The number of ether oxygens (including phenoxy) is 1. The Balaban J connectivity index is 1.70. The van der Waals surface area contributed by atoms with Crippen molar-refractivity contribution in [2.45, 2.75) is 23.6 Å². The van der Waals surface area contributed by atoms with Crippen molar-refractivity contribution in [3.05, 3.63) is 106 Å². The Morgan fingerprint density at radius 2 is 1.27 bits per heavy atom. The van der Waals surface area contributed by atoms with Crippen LogP contribution >= 0.6 is 0 Å². The molecule has 0 saturated heterocycles. The molecule has 0 aromatic heterocycles. The van der Waals surface area contributed by atoms with Gasteiger partial charge < -0.3 is 10.1 Å². The predicted molar refractivity (Wildman–Crippen MR) is 145 cm³/mol. The van der Waals surface area contributed by atoms with Crippen molar-refractivity contribution < 1.29 is 40.3 Å². The molecule has 5 rings (SSSR count). The fourth-order valence-corrected chi connectivity index (χ4v) is 5.96. The molecule has 40 heavy (non-hydrogen) atoms. The summed E-state index contributed by atoms with van der Waals surface area (Å²) in [6.07, 6.45) is 0. The van der Waals surface area contributed by atoms with E-state index in [4.69, 9.17) is 4.74 Å². The van der Waals surface area contributed by atoms with Crippen LogP contribution in [0.2, 0.25) is 0 Å². The maximum absolute atomic E-state index is 13.7. The van der Waals surface area contributed by atoms with Crippen LogP contribution in [0.4, 0.5) is 11.4 Å². The molecule has 10 nitrogen and oxygen atoms in total. The van der Waals surface area contributed by atoms with Crippen molar-refractivity contribution in [1.29, 1.82) is 0 Å². The summed E-state index contributed by atoms with van der Waals surface area (Å²) in [4.78, 5) is 26.5. The normalized spacial score (nSPS) is 13.0. The van der Waals surface area contributed by atoms with Crippen molar-refractivity contribution in [2.24, 2.45) is 0 Å². The van der Waals surface area contributed by atoms with E-state index in [0.29, 0.717) is 11.1 Å². The SMILES string of the molecule is Cc1ccc(Oc2ccc(Nc3ccc(C)c(S(=O)(=O)O)c3)c3c2C(=O)c2ccccc2C3=O)c(S(=O)(=O)O)c1. The zero-order valence-electron chi connectivity index (χ0n) is 21.0. The maximum Gasteiger partial charge on any atom is 0.298 e. The summed E-state index contributed by atoms with van der Waals surface area (Å²) in [7, 11) is -9.23. The molecule has 4 aromatic rings. The zero-order chi connectivity index (χ0) is 29.0. The predicted octanol–water partition coefficient (Wildman–Crippen LogP) is 5.11. The molecular weight excluding hydrogens is 558 g/mol. The number of nitrogens with one attached hydrogen (secondary N) is 1. The van der Waals surface area contributed by atoms with Crippen LogP contribution in [0.25, 0.3) is 0 Å². The van der Waals surface area contributed by atoms with Crippen LogP contribution in [0.3, 0.4) is 0 Å². The molecule has 12 heteroatoms. The molecule has 0 aliphatic heterocycles. The van der Waals surface area contributed by atoms with Gasteiger partial charge in [0.1, 0.15) is 16.4 Å². The Morgan fingerprint density at radius 3 is 1.90 bits per heavy atom. The molecular formula is C28H21NO9S2. The minimum Gasteiger partial charge on any atom is -0.455 e. The molecule has 4 aromatic carbocycles. The number of rotatable bonds is 6. The highest BCUT2D eigenvalue weighted by Crippen LogP contribution is 2.41. The molecule has 3 N–H and O–H groups in total. The third-order valence-corrected chi connectivity index (χ3v) is 8.25. The van der Waals surface area contributed by atoms with Gasteiger partial charge in [-0.05, 0) is 61.4 Å². The van der Waals surface area contributed by atoms with E-state index >= 15 is 0 Å². The number of hydrogen-bond donors (Lipinski definition) is 3. The number of carbonyl (C=O) groups excluding carboxylic acids is 2. The van der Waals surface area contributed by atoms with Gasteiger partial charge in [-0.3, -0.25) is 18.7 Å². The standard InChI is InChI=1S/C28H21NO9S2/c1-15-7-11-21(24(13-15)40(35,36)37)38-22-12-10-20(29-17-9-8-16(2)23(14-17)39(32,33)34)25-26(22)28(31)19-6-4-3-5-18(19)27(25)30/h3-14,29H,1-2H3,(H,32,33,34)(H,35,36,37). The van der Waals surface area contributed by atoms with Crippen molar-refractivity contribution in [3.63, 3.8) is 0 Å². The molecule has 0 amide bonds. The van der Waals surface area contributed by atoms with Gasteiger partial charge in [-0.25, -0.2) is 0 Å². The largest absolute Gasteiger partial charge is 0.455 e. The van der Waals surface area contributed by atoms with Gasteiger partial charge in [0.05, 0.1) is 21.7 Å². The van der Waals surface area contributed by atoms with Gasteiger partial charge in [-0.15, -0.1) is 0 Å². The van der Waals surface area contributed by atoms with Crippen molar-refractivity contribution in [3.8, 4) is 11.5 Å². The van der Waals surface area contributed by atoms with Crippen molar-refractivity contribution >= 4 is 43.2 Å². The molecule has 0 saturated carbocycles. The van der Waals surface area contributed by atoms with Crippen molar-refractivity contribution in [2.75, 3.05) is 5.32 Å². The summed E-state index contributed by atoms with van der Waals surface area (Å²) in [5.74, 6) is -1.48. The van der Waals surface area contributed by atoms with Crippen LogP contribution in [0.15, 0.2) is 82.6 Å². The number of anilines is 2. The summed E-state index contributed by atoms with van der Waals surface area (Å²) < 4.78 is 72.9. The van der Waals surface area contributed by atoms with Gasteiger partial charge in [0.2, 0.25) is 0 Å². The fourth-order valence-electron chi connectivity index (χ4n) is 4.51. The Hall–Kier alpha value is -4.36. The third kappa shape index (κ3) is 4.89. The Kier molecular flexibility index (Phi) is 6.59. The van der Waals surface area contributed by atoms with Gasteiger partial charge in [0, 0.05) is 16.8 Å². The summed E-state index contributed by atoms with van der Waals surface area (Å²) in [5, 5.41) is 2.95. The highest BCUT2D eigenvalue weighted by molar-refractivity contribution is 7.86. The molecule has 0 unspecified atom stereocenters. The second kappa shape index (κ2) is 9.68. The zero-order valence-corrected chi connectivity index (χ0v) is 22.6. The molecule has 0 spiro atoms. The lowest BCUT2D eigenvalue weighted by atomic mass is 9.82. The second-order valence-electron chi connectivity index (χ2n) is 9.17. The first-order valence-corrected chi connectivity index (χ1v) is 14.6. The van der Waals surface area contributed by atoms with Crippen LogP contribution in [0.5, 0.6) is 11.5 Å². The van der Waals surface area contributed by atoms with E-state index in [1.807, 2.05) is 0 Å². The number of fused-ring (bicyclic) bond motifs is 2. The number of ketones is 2. The van der Waals surface area contributed by atoms with Gasteiger partial charge in [0.25, 0.3) is 20.2 Å². The maximum atomic E-state index is 13.7. The summed E-state index contributed by atoms with van der Waals surface area (Å²) in [5.41, 5.74) is 1.19. The first-order chi connectivity index (χ1) is 18.8. The summed E-state index contributed by atoms with van der Waals surface area (Å²) in [6, 6.07) is 17.2. The highest BCUT2D eigenvalue weighted by atomic mass is 32.2. The van der Waals surface area contributed by atoms with Gasteiger partial charge in [0.15, 0.2) is 11.6 Å². The lowest BCUT2D eigenvalue weighted by molar-refractivity contribution is 0.0977. The topological polar surface area (TPSA) is 164 Å². The number of hydrogen-bond acceptors (Lipinski definition) is 8. The van der Waals surface area contributed by atoms with Crippen LogP contribution in [0, 0.1) is 13.8 Å². The number of aryl methyl sites for hydroxylation is 2. The van der Waals surface area contributed by atoms with Crippen LogP contribution < -0.4 is 10.1 Å². The Bertz CT molecular complexity index is 1960.